The molecule has 2 fully saturated rings. The summed E-state index contributed by atoms with van der Waals surface area (Å²) in [6.07, 6.45) is 30.3. The zero-order chi connectivity index (χ0) is 27.3. The number of allylic oxidation sites excluding steroid dienone is 4. The summed E-state index contributed by atoms with van der Waals surface area (Å²) in [4.78, 5) is 31.7. The summed E-state index contributed by atoms with van der Waals surface area (Å²) >= 11 is 0. The second kappa shape index (κ2) is 12.2. The summed E-state index contributed by atoms with van der Waals surface area (Å²) in [6.45, 7) is 12.1. The van der Waals surface area contributed by atoms with Crippen molar-refractivity contribution in [2.75, 3.05) is 0 Å². The van der Waals surface area contributed by atoms with Crippen LogP contribution in [0.2, 0.25) is 0 Å². The molecule has 0 radical (unpaired) electrons. The number of rotatable bonds is 8. The standard InChI is InChI=1S/C34H50N2O2/c1-6-33(2,3)31(37)36-25-15-20-28(30(36)27-18-11-8-12-19-27)22-23-34(4,5)32(38)35-24-14-13-21-29(35)26-16-9-7-10-17-26/h6,13-15,20-21,24-27,29-30H,1,7-12,16-19,22-23H2,2-5H3/t29-,30+/m0/s1. The van der Waals surface area contributed by atoms with E-state index in [9.17, 15) is 9.59 Å². The molecule has 0 unspecified atom stereocenters. The van der Waals surface area contributed by atoms with Crippen molar-refractivity contribution in [3.8, 4) is 0 Å². The fourth-order valence-corrected chi connectivity index (χ4v) is 6.94. The number of carbonyl (C=O) groups is 2. The summed E-state index contributed by atoms with van der Waals surface area (Å²) in [7, 11) is 0. The van der Waals surface area contributed by atoms with Gasteiger partial charge in [-0.3, -0.25) is 9.59 Å². The molecule has 0 saturated heterocycles. The van der Waals surface area contributed by atoms with E-state index in [1.807, 2.05) is 48.2 Å². The Bertz CT molecular complexity index is 986. The Kier molecular flexibility index (Phi) is 9.21. The lowest BCUT2D eigenvalue weighted by molar-refractivity contribution is -0.140. The van der Waals surface area contributed by atoms with Crippen molar-refractivity contribution >= 4 is 11.8 Å². The number of hydrogen-bond acceptors (Lipinski definition) is 2. The average Bonchev–Trinajstić information content (AvgIpc) is 2.96. The quantitative estimate of drug-likeness (QED) is 0.305. The van der Waals surface area contributed by atoms with E-state index >= 15 is 0 Å². The average molecular weight is 519 g/mol. The summed E-state index contributed by atoms with van der Waals surface area (Å²) in [5, 5.41) is 0. The maximum absolute atomic E-state index is 14.0. The van der Waals surface area contributed by atoms with E-state index in [4.69, 9.17) is 0 Å². The topological polar surface area (TPSA) is 40.6 Å². The second-order valence-corrected chi connectivity index (χ2v) is 13.3. The van der Waals surface area contributed by atoms with Crippen molar-refractivity contribution in [2.24, 2.45) is 22.7 Å². The van der Waals surface area contributed by atoms with Gasteiger partial charge >= 0.3 is 0 Å². The van der Waals surface area contributed by atoms with E-state index in [0.717, 1.165) is 25.7 Å². The molecule has 38 heavy (non-hydrogen) atoms. The summed E-state index contributed by atoms with van der Waals surface area (Å²) in [6, 6.07) is 0.249. The van der Waals surface area contributed by atoms with Crippen LogP contribution in [0.3, 0.4) is 0 Å². The van der Waals surface area contributed by atoms with Crippen molar-refractivity contribution in [3.63, 3.8) is 0 Å². The van der Waals surface area contributed by atoms with E-state index in [-0.39, 0.29) is 23.9 Å². The minimum Gasteiger partial charge on any atom is -0.311 e. The first-order valence-corrected chi connectivity index (χ1v) is 15.2. The van der Waals surface area contributed by atoms with Crippen LogP contribution in [-0.4, -0.2) is 33.7 Å². The van der Waals surface area contributed by atoms with Gasteiger partial charge in [-0.1, -0.05) is 76.7 Å². The van der Waals surface area contributed by atoms with Crippen LogP contribution in [-0.2, 0) is 9.59 Å². The Labute approximate surface area is 231 Å². The highest BCUT2D eigenvalue weighted by atomic mass is 16.2. The molecule has 2 atom stereocenters. The summed E-state index contributed by atoms with van der Waals surface area (Å²) in [5.41, 5.74) is 0.194. The molecule has 0 aromatic carbocycles. The van der Waals surface area contributed by atoms with Crippen LogP contribution in [0.5, 0.6) is 0 Å². The van der Waals surface area contributed by atoms with Gasteiger partial charge in [0.25, 0.3) is 0 Å². The fourth-order valence-electron chi connectivity index (χ4n) is 6.94. The molecule has 2 amide bonds. The second-order valence-electron chi connectivity index (χ2n) is 13.3. The smallest absolute Gasteiger partial charge is 0.236 e. The van der Waals surface area contributed by atoms with Crippen molar-refractivity contribution in [1.29, 1.82) is 0 Å². The highest BCUT2D eigenvalue weighted by molar-refractivity contribution is 5.86. The van der Waals surface area contributed by atoms with Gasteiger partial charge in [0.2, 0.25) is 11.8 Å². The third-order valence-electron chi connectivity index (χ3n) is 9.60. The van der Waals surface area contributed by atoms with Gasteiger partial charge in [-0.25, -0.2) is 0 Å². The van der Waals surface area contributed by atoms with Crippen LogP contribution in [0.4, 0.5) is 0 Å². The molecule has 208 valence electrons. The molecule has 0 spiro atoms. The zero-order valence-corrected chi connectivity index (χ0v) is 24.3. The normalized spacial score (nSPS) is 25.4. The van der Waals surface area contributed by atoms with Gasteiger partial charge in [0.05, 0.1) is 17.5 Å². The van der Waals surface area contributed by atoms with E-state index in [1.165, 1.54) is 56.9 Å². The maximum atomic E-state index is 14.0. The van der Waals surface area contributed by atoms with E-state index in [0.29, 0.717) is 11.8 Å². The highest BCUT2D eigenvalue weighted by Crippen LogP contribution is 2.40. The third kappa shape index (κ3) is 6.26. The number of hydrogen-bond donors (Lipinski definition) is 0. The largest absolute Gasteiger partial charge is 0.311 e. The molecular weight excluding hydrogens is 468 g/mol. The van der Waals surface area contributed by atoms with Gasteiger partial charge in [0, 0.05) is 17.8 Å². The van der Waals surface area contributed by atoms with E-state index in [1.54, 1.807) is 6.08 Å². The molecule has 0 aromatic rings. The molecule has 4 heteroatoms. The monoisotopic (exact) mass is 518 g/mol. The molecule has 0 bridgehead atoms. The molecule has 4 aliphatic rings. The predicted molar refractivity (Wildman–Crippen MR) is 157 cm³/mol. The van der Waals surface area contributed by atoms with Crippen molar-refractivity contribution in [1.82, 2.24) is 9.80 Å². The van der Waals surface area contributed by atoms with Crippen LogP contribution >= 0.6 is 0 Å². The maximum Gasteiger partial charge on any atom is 0.236 e. The van der Waals surface area contributed by atoms with Gasteiger partial charge in [0.1, 0.15) is 0 Å². The first kappa shape index (κ1) is 28.6. The number of amides is 2. The Hall–Kier alpha value is -2.36. The lowest BCUT2D eigenvalue weighted by atomic mass is 9.75. The Morgan fingerprint density at radius 3 is 2.08 bits per heavy atom. The molecule has 0 N–H and O–H groups in total. The van der Waals surface area contributed by atoms with E-state index < -0.39 is 10.8 Å². The fraction of sp³-hybridized carbons (Fsp3) is 0.647. The van der Waals surface area contributed by atoms with Crippen LogP contribution in [0.1, 0.15) is 105 Å². The van der Waals surface area contributed by atoms with Crippen molar-refractivity contribution in [2.45, 2.75) is 117 Å². The number of carbonyl (C=O) groups excluding carboxylic acids is 2. The molecule has 0 aromatic heterocycles. The van der Waals surface area contributed by atoms with Gasteiger partial charge in [-0.05, 0) is 81.9 Å². The predicted octanol–water partition coefficient (Wildman–Crippen LogP) is 8.10. The van der Waals surface area contributed by atoms with Crippen molar-refractivity contribution in [3.05, 3.63) is 61.0 Å². The van der Waals surface area contributed by atoms with Crippen LogP contribution in [0.25, 0.3) is 0 Å². The SMILES string of the molecule is C=CC(C)(C)C(=O)N1C=CC=C(CCC(C)(C)C(=O)N2C=CC=C[C@H]2C2CCCCC2)[C@H]1C1CCCCC1. The molecule has 2 aliphatic heterocycles. The molecule has 4 rings (SSSR count). The van der Waals surface area contributed by atoms with Crippen LogP contribution < -0.4 is 0 Å². The molecule has 2 saturated carbocycles. The Morgan fingerprint density at radius 2 is 1.45 bits per heavy atom. The van der Waals surface area contributed by atoms with E-state index in [2.05, 4.69) is 38.7 Å². The highest BCUT2D eigenvalue weighted by Gasteiger charge is 2.41. The molecular formula is C34H50N2O2. The molecule has 2 heterocycles. The molecule has 4 nitrogen and oxygen atoms in total. The molecule has 2 aliphatic carbocycles. The van der Waals surface area contributed by atoms with Crippen molar-refractivity contribution < 1.29 is 9.59 Å². The van der Waals surface area contributed by atoms with Crippen LogP contribution in [0, 0.1) is 22.7 Å². The van der Waals surface area contributed by atoms with Gasteiger partial charge in [-0.15, -0.1) is 6.58 Å². The summed E-state index contributed by atoms with van der Waals surface area (Å²) < 4.78 is 0. The minimum atomic E-state index is -0.614. The Morgan fingerprint density at radius 1 is 0.842 bits per heavy atom. The first-order valence-electron chi connectivity index (χ1n) is 15.2. The lowest BCUT2D eigenvalue weighted by Crippen LogP contribution is -2.49. The van der Waals surface area contributed by atoms with Gasteiger partial charge in [0.15, 0.2) is 0 Å². The Balaban J connectivity index is 1.50. The summed E-state index contributed by atoms with van der Waals surface area (Å²) in [5.74, 6) is 1.35. The zero-order valence-electron chi connectivity index (χ0n) is 24.3. The first-order chi connectivity index (χ1) is 18.2. The lowest BCUT2D eigenvalue weighted by Gasteiger charge is -2.43. The van der Waals surface area contributed by atoms with Gasteiger partial charge in [-0.2, -0.15) is 0 Å². The minimum absolute atomic E-state index is 0.0748. The third-order valence-corrected chi connectivity index (χ3v) is 9.60. The number of nitrogens with zero attached hydrogens (tertiary/aromatic N) is 2. The van der Waals surface area contributed by atoms with Crippen LogP contribution in [0.15, 0.2) is 61.0 Å². The van der Waals surface area contributed by atoms with Gasteiger partial charge < -0.3 is 9.80 Å².